The van der Waals surface area contributed by atoms with Gasteiger partial charge in [-0.15, -0.1) is 0 Å². The third kappa shape index (κ3) is 14.5. The third-order valence-corrected chi connectivity index (χ3v) is 17.3. The molecule has 30 heteroatoms. The number of hydrogen-bond acceptors (Lipinski definition) is 16. The first-order valence-corrected chi connectivity index (χ1v) is 30.1. The number of pyridine rings is 2. The van der Waals surface area contributed by atoms with E-state index >= 15 is 0 Å². The molecule has 91 heavy (non-hydrogen) atoms. The number of benzene rings is 7. The monoisotopic (exact) mass is 1430 g/mol. The standard InChI is InChI=1S/C27H21BrFN3O6S.C22H10BrF6NO5S.C11H12N2O2.CH4/c1-36-19-6-3-17(4-7-19)16-31(26-11-12-38-30-26)39(34,35)20-8-9-23-18(13-20)5-10-27(33)32(23)24-15-22(29)21(28)14-25(24)37-2;1-34-15-7-11(23)12(24)8-14(15)30-13-4-3-10(6-9(13)2-5-16(30)31)36(32,33)35-22-20(28)18(26)17(25)19(27)21(22)29;1-14-10-4-2-9(3-5-10)8-12-11-6-7-15-13-11;/h3-15H,16H2,1-2H3;2-8H,1H3;2-7H,8H2,1H3,(H,12,13);1H4. The molecule has 0 aliphatic rings. The van der Waals surface area contributed by atoms with Crippen LogP contribution in [0.4, 0.5) is 42.4 Å². The number of sulfonamides is 1. The van der Waals surface area contributed by atoms with Crippen LogP contribution in [-0.4, -0.2) is 64.7 Å². The predicted octanol–water partition coefficient (Wildman–Crippen LogP) is 13.6. The summed E-state index contributed by atoms with van der Waals surface area (Å²) < 4.78 is 188. The molecular weight excluding hydrogens is 1380 g/mol. The normalized spacial score (nSPS) is 11.2. The predicted molar refractivity (Wildman–Crippen MR) is 328 cm³/mol. The van der Waals surface area contributed by atoms with E-state index in [9.17, 15) is 57.2 Å². The summed E-state index contributed by atoms with van der Waals surface area (Å²) in [6.45, 7) is 0.697. The van der Waals surface area contributed by atoms with Crippen molar-refractivity contribution in [1.82, 2.24) is 19.4 Å². The van der Waals surface area contributed by atoms with Crippen LogP contribution in [0.15, 0.2) is 195 Å². The maximum absolute atomic E-state index is 14.5. The molecule has 0 saturated heterocycles. The average molecular weight is 1430 g/mol. The molecule has 4 aromatic heterocycles. The molecule has 474 valence electrons. The van der Waals surface area contributed by atoms with Gasteiger partial charge < -0.3 is 37.5 Å². The maximum atomic E-state index is 14.5. The number of ether oxygens (including phenoxy) is 4. The van der Waals surface area contributed by atoms with Gasteiger partial charge in [0.1, 0.15) is 52.1 Å². The van der Waals surface area contributed by atoms with Crippen LogP contribution in [0.25, 0.3) is 33.2 Å². The smallest absolute Gasteiger partial charge is 0.339 e. The molecule has 0 atom stereocenters. The van der Waals surface area contributed by atoms with E-state index in [1.165, 1.54) is 97.5 Å². The lowest BCUT2D eigenvalue weighted by Crippen LogP contribution is -2.31. The van der Waals surface area contributed by atoms with Gasteiger partial charge in [-0.05, 0) is 128 Å². The van der Waals surface area contributed by atoms with Gasteiger partial charge in [0.15, 0.2) is 11.6 Å². The first-order valence-electron chi connectivity index (χ1n) is 25.7. The Labute approximate surface area is 529 Å². The summed E-state index contributed by atoms with van der Waals surface area (Å²) >= 11 is 6.12. The first-order chi connectivity index (χ1) is 43.0. The van der Waals surface area contributed by atoms with Crippen molar-refractivity contribution in [3.8, 4) is 40.1 Å². The Morgan fingerprint density at radius 3 is 1.45 bits per heavy atom. The Kier molecular flexibility index (Phi) is 21.0. The second-order valence-electron chi connectivity index (χ2n) is 18.6. The lowest BCUT2D eigenvalue weighted by atomic mass is 10.2. The van der Waals surface area contributed by atoms with E-state index in [1.807, 2.05) is 24.3 Å². The minimum absolute atomic E-state index is 0. The highest BCUT2D eigenvalue weighted by atomic mass is 79.9. The topological polar surface area (TPSA) is 226 Å². The zero-order chi connectivity index (χ0) is 64.8. The Balaban J connectivity index is 0.000000190. The summed E-state index contributed by atoms with van der Waals surface area (Å²) in [6, 6.07) is 35.2. The van der Waals surface area contributed by atoms with E-state index in [-0.39, 0.29) is 67.4 Å². The molecule has 11 aromatic rings. The molecule has 19 nitrogen and oxygen atoms in total. The number of nitrogens with one attached hydrogen (secondary N) is 1. The Bertz CT molecular complexity index is 4790. The zero-order valence-electron chi connectivity index (χ0n) is 46.7. The molecule has 0 aliphatic carbocycles. The first kappa shape index (κ1) is 67.3. The van der Waals surface area contributed by atoms with Gasteiger partial charge in [-0.1, -0.05) is 42.0 Å². The number of aromatic nitrogens is 4. The summed E-state index contributed by atoms with van der Waals surface area (Å²) in [7, 11) is -3.38. The lowest BCUT2D eigenvalue weighted by molar-refractivity contribution is 0.346. The van der Waals surface area contributed by atoms with E-state index in [2.05, 4.69) is 51.7 Å². The van der Waals surface area contributed by atoms with Gasteiger partial charge in [0, 0.05) is 53.7 Å². The quantitative estimate of drug-likeness (QED) is 0.0387. The summed E-state index contributed by atoms with van der Waals surface area (Å²) in [5.74, 6) is -12.9. The van der Waals surface area contributed by atoms with Gasteiger partial charge in [-0.25, -0.2) is 34.7 Å². The molecule has 0 bridgehead atoms. The number of nitrogens with zero attached hydrogens (tertiary/aromatic N) is 5. The molecule has 0 unspecified atom stereocenters. The van der Waals surface area contributed by atoms with Crippen molar-refractivity contribution in [2.24, 2.45) is 0 Å². The van der Waals surface area contributed by atoms with Crippen LogP contribution in [0.3, 0.4) is 0 Å². The molecule has 1 N–H and O–H groups in total. The number of methoxy groups -OCH3 is 4. The summed E-state index contributed by atoms with van der Waals surface area (Å²) in [6.07, 6.45) is 2.83. The molecule has 0 radical (unpaired) electrons. The number of hydrogen-bond donors (Lipinski definition) is 1. The largest absolute Gasteiger partial charge is 0.497 e. The fraction of sp³-hybridized carbons (Fsp3) is 0.115. The van der Waals surface area contributed by atoms with Crippen molar-refractivity contribution in [3.05, 3.63) is 240 Å². The van der Waals surface area contributed by atoms with E-state index in [0.29, 0.717) is 22.2 Å². The SMILES string of the molecule is C.COc1cc(Br)c(F)cc1-n1c(=O)ccc2cc(S(=O)(=O)Oc3c(F)c(F)c(F)c(F)c3F)ccc21.COc1ccc(CN(c2ccon2)S(=O)(=O)c2ccc3c(ccc(=O)n3-c3cc(F)c(Br)cc3OC)c2)cc1.COc1ccc(CNc2ccon2)cc1. The third-order valence-electron chi connectivity index (χ3n) is 13.1. The molecule has 0 aliphatic heterocycles. The zero-order valence-corrected chi connectivity index (χ0v) is 51.5. The van der Waals surface area contributed by atoms with E-state index in [4.69, 9.17) is 28.0 Å². The second kappa shape index (κ2) is 28.5. The number of rotatable bonds is 17. The molecule has 0 saturated carbocycles. The van der Waals surface area contributed by atoms with Crippen molar-refractivity contribution < 1.29 is 79.7 Å². The van der Waals surface area contributed by atoms with Crippen molar-refractivity contribution >= 4 is 85.4 Å². The van der Waals surface area contributed by atoms with Gasteiger partial charge in [-0.2, -0.15) is 17.2 Å². The van der Waals surface area contributed by atoms with Crippen LogP contribution in [0, 0.1) is 40.7 Å². The number of anilines is 2. The van der Waals surface area contributed by atoms with Crippen molar-refractivity contribution in [2.75, 3.05) is 38.1 Å². The molecule has 7 aromatic carbocycles. The van der Waals surface area contributed by atoms with Gasteiger partial charge >= 0.3 is 10.1 Å². The second-order valence-corrected chi connectivity index (χ2v) is 23.7. The van der Waals surface area contributed by atoms with Crippen LogP contribution in [-0.2, 0) is 33.2 Å². The molecule has 11 rings (SSSR count). The van der Waals surface area contributed by atoms with Gasteiger partial charge in [0.2, 0.25) is 34.8 Å². The number of halogens is 9. The summed E-state index contributed by atoms with van der Waals surface area (Å²) in [5.41, 5.74) is 1.36. The molecular formula is C61H47Br2F7N6O13S2. The van der Waals surface area contributed by atoms with Crippen LogP contribution in [0.1, 0.15) is 18.6 Å². The summed E-state index contributed by atoms with van der Waals surface area (Å²) in [5, 5.41) is 11.2. The fourth-order valence-corrected chi connectivity index (χ4v) is 11.7. The Morgan fingerprint density at radius 1 is 0.527 bits per heavy atom. The minimum Gasteiger partial charge on any atom is -0.497 e. The molecule has 4 heterocycles. The highest BCUT2D eigenvalue weighted by Crippen LogP contribution is 2.36. The van der Waals surface area contributed by atoms with Crippen molar-refractivity contribution in [2.45, 2.75) is 30.3 Å². The Morgan fingerprint density at radius 2 is 0.989 bits per heavy atom. The minimum atomic E-state index is -5.12. The van der Waals surface area contributed by atoms with Crippen LogP contribution >= 0.6 is 31.9 Å². The fourth-order valence-electron chi connectivity index (χ4n) is 8.68. The van der Waals surface area contributed by atoms with Crippen LogP contribution < -0.4 is 43.9 Å². The number of fused-ring (bicyclic) bond motifs is 2. The van der Waals surface area contributed by atoms with Gasteiger partial charge in [-0.3, -0.25) is 18.7 Å². The molecule has 0 spiro atoms. The molecule has 0 fully saturated rings. The average Bonchev–Trinajstić information content (AvgIpc) is 0.943. The van der Waals surface area contributed by atoms with Crippen molar-refractivity contribution in [1.29, 1.82) is 0 Å². The summed E-state index contributed by atoms with van der Waals surface area (Å²) in [4.78, 5) is 24.8. The maximum Gasteiger partial charge on any atom is 0.339 e. The van der Waals surface area contributed by atoms with E-state index in [1.54, 1.807) is 44.6 Å². The Hall–Kier alpha value is -9.65. The van der Waals surface area contributed by atoms with Crippen LogP contribution in [0.5, 0.6) is 28.7 Å². The van der Waals surface area contributed by atoms with E-state index < -0.39 is 82.6 Å². The van der Waals surface area contributed by atoms with E-state index in [0.717, 1.165) is 57.3 Å². The lowest BCUT2D eigenvalue weighted by Gasteiger charge is -2.22. The van der Waals surface area contributed by atoms with Crippen molar-refractivity contribution in [3.63, 3.8) is 0 Å². The van der Waals surface area contributed by atoms with Crippen LogP contribution in [0.2, 0.25) is 0 Å². The van der Waals surface area contributed by atoms with Gasteiger partial charge in [0.25, 0.3) is 21.1 Å². The highest BCUT2D eigenvalue weighted by molar-refractivity contribution is 9.10. The molecule has 0 amide bonds. The van der Waals surface area contributed by atoms with Gasteiger partial charge in [0.05, 0.1) is 71.2 Å². The highest BCUT2D eigenvalue weighted by Gasteiger charge is 2.32.